The number of hydrogen-bond acceptors (Lipinski definition) is 4. The van der Waals surface area contributed by atoms with Crippen molar-refractivity contribution in [1.29, 1.82) is 0 Å². The molecule has 1 aliphatic heterocycles. The lowest BCUT2D eigenvalue weighted by molar-refractivity contribution is -0.141. The Morgan fingerprint density at radius 2 is 1.91 bits per heavy atom. The van der Waals surface area contributed by atoms with E-state index in [-0.39, 0.29) is 17.7 Å². The second-order valence-corrected chi connectivity index (χ2v) is 6.01. The largest absolute Gasteiger partial charge is 0.497 e. The number of amides is 2. The van der Waals surface area contributed by atoms with Gasteiger partial charge in [-0.3, -0.25) is 9.59 Å². The van der Waals surface area contributed by atoms with Crippen LogP contribution in [0.5, 0.6) is 11.5 Å². The molecule has 1 aliphatic carbocycles. The van der Waals surface area contributed by atoms with Gasteiger partial charge in [-0.05, 0) is 31.9 Å². The van der Waals surface area contributed by atoms with Gasteiger partial charge in [0.15, 0.2) is 0 Å². The van der Waals surface area contributed by atoms with Crippen molar-refractivity contribution < 1.29 is 19.1 Å². The Labute approximate surface area is 136 Å². The van der Waals surface area contributed by atoms with Crippen molar-refractivity contribution in [2.75, 3.05) is 32.2 Å². The Bertz CT molecular complexity index is 627. The molecule has 1 saturated heterocycles. The molecule has 0 bridgehead atoms. The lowest BCUT2D eigenvalue weighted by atomic mass is 10.1. The Hall–Kier alpha value is -2.24. The van der Waals surface area contributed by atoms with Gasteiger partial charge in [-0.2, -0.15) is 0 Å². The zero-order valence-electron chi connectivity index (χ0n) is 13.7. The highest BCUT2D eigenvalue weighted by molar-refractivity contribution is 6.01. The van der Waals surface area contributed by atoms with E-state index in [1.165, 1.54) is 0 Å². The lowest BCUT2D eigenvalue weighted by Gasteiger charge is -2.39. The maximum Gasteiger partial charge on any atom is 0.249 e. The minimum absolute atomic E-state index is 0.0753. The van der Waals surface area contributed by atoms with Gasteiger partial charge in [0, 0.05) is 25.1 Å². The molecule has 23 heavy (non-hydrogen) atoms. The maximum absolute atomic E-state index is 12.8. The number of hydrogen-bond donors (Lipinski definition) is 0. The molecule has 0 N–H and O–H groups in total. The number of carbonyl (C=O) groups is 2. The van der Waals surface area contributed by atoms with E-state index in [9.17, 15) is 9.59 Å². The van der Waals surface area contributed by atoms with Crippen LogP contribution in [0.25, 0.3) is 0 Å². The number of piperazine rings is 1. The predicted molar refractivity (Wildman–Crippen MR) is 85.8 cm³/mol. The van der Waals surface area contributed by atoms with E-state index in [1.807, 2.05) is 6.07 Å². The topological polar surface area (TPSA) is 59.1 Å². The summed E-state index contributed by atoms with van der Waals surface area (Å²) in [6.07, 6.45) is 1.90. The van der Waals surface area contributed by atoms with Gasteiger partial charge >= 0.3 is 0 Å². The summed E-state index contributed by atoms with van der Waals surface area (Å²) >= 11 is 0. The van der Waals surface area contributed by atoms with Crippen LogP contribution in [0.1, 0.15) is 19.8 Å². The zero-order chi connectivity index (χ0) is 16.6. The van der Waals surface area contributed by atoms with Crippen LogP contribution >= 0.6 is 0 Å². The first-order valence-electron chi connectivity index (χ1n) is 7.90. The summed E-state index contributed by atoms with van der Waals surface area (Å²) in [5.41, 5.74) is 0.712. The first-order valence-corrected chi connectivity index (χ1v) is 7.90. The summed E-state index contributed by atoms with van der Waals surface area (Å²) < 4.78 is 10.6. The molecule has 124 valence electrons. The summed E-state index contributed by atoms with van der Waals surface area (Å²) in [4.78, 5) is 28.4. The third-order valence-corrected chi connectivity index (χ3v) is 4.54. The number of rotatable bonds is 4. The lowest BCUT2D eigenvalue weighted by Crippen LogP contribution is -2.58. The van der Waals surface area contributed by atoms with Crippen molar-refractivity contribution in [2.45, 2.75) is 25.8 Å². The normalized spacial score (nSPS) is 21.3. The standard InChI is InChI=1S/C17H22N2O4/c1-11-16(20)19(9-8-18(11)17(21)12-4-5-12)14-7-6-13(22-2)10-15(14)23-3/h6-7,10-12H,4-5,8-9H2,1-3H3. The average Bonchev–Trinajstić information content (AvgIpc) is 3.41. The van der Waals surface area contributed by atoms with Gasteiger partial charge in [-0.25, -0.2) is 0 Å². The third kappa shape index (κ3) is 2.85. The fourth-order valence-corrected chi connectivity index (χ4v) is 2.98. The molecule has 2 aliphatic rings. The fourth-order valence-electron chi connectivity index (χ4n) is 2.98. The van der Waals surface area contributed by atoms with E-state index in [4.69, 9.17) is 9.47 Å². The van der Waals surface area contributed by atoms with Crippen molar-refractivity contribution in [3.63, 3.8) is 0 Å². The van der Waals surface area contributed by atoms with E-state index >= 15 is 0 Å². The van der Waals surface area contributed by atoms with Gasteiger partial charge in [0.25, 0.3) is 0 Å². The maximum atomic E-state index is 12.8. The van der Waals surface area contributed by atoms with E-state index in [0.29, 0.717) is 30.3 Å². The molecule has 1 aromatic rings. The highest BCUT2D eigenvalue weighted by atomic mass is 16.5. The van der Waals surface area contributed by atoms with Crippen molar-refractivity contribution in [1.82, 2.24) is 4.90 Å². The van der Waals surface area contributed by atoms with Crippen molar-refractivity contribution in [2.24, 2.45) is 5.92 Å². The molecule has 2 amide bonds. The van der Waals surface area contributed by atoms with Crippen molar-refractivity contribution >= 4 is 17.5 Å². The molecule has 0 aromatic heterocycles. The number of benzene rings is 1. The Balaban J connectivity index is 1.82. The summed E-state index contributed by atoms with van der Waals surface area (Å²) in [5, 5.41) is 0. The number of ether oxygens (including phenoxy) is 2. The second-order valence-electron chi connectivity index (χ2n) is 6.01. The zero-order valence-corrected chi connectivity index (χ0v) is 13.7. The molecule has 0 spiro atoms. The Morgan fingerprint density at radius 1 is 1.17 bits per heavy atom. The first-order chi connectivity index (χ1) is 11.1. The smallest absolute Gasteiger partial charge is 0.249 e. The molecule has 1 heterocycles. The second kappa shape index (κ2) is 6.10. The molecular formula is C17H22N2O4. The van der Waals surface area contributed by atoms with E-state index in [2.05, 4.69) is 0 Å². The van der Waals surface area contributed by atoms with Crippen LogP contribution in [0, 0.1) is 5.92 Å². The Morgan fingerprint density at radius 3 is 2.52 bits per heavy atom. The number of methoxy groups -OCH3 is 2. The SMILES string of the molecule is COc1ccc(N2CCN(C(=O)C3CC3)C(C)C2=O)c(OC)c1. The minimum Gasteiger partial charge on any atom is -0.497 e. The van der Waals surface area contributed by atoms with Crippen LogP contribution in [0.4, 0.5) is 5.69 Å². The van der Waals surface area contributed by atoms with Gasteiger partial charge in [-0.15, -0.1) is 0 Å². The number of anilines is 1. The summed E-state index contributed by atoms with van der Waals surface area (Å²) in [6, 6.07) is 4.94. The van der Waals surface area contributed by atoms with Crippen LogP contribution in [0.3, 0.4) is 0 Å². The van der Waals surface area contributed by atoms with Crippen LogP contribution in [-0.4, -0.2) is 50.1 Å². The Kier molecular flexibility index (Phi) is 4.15. The van der Waals surface area contributed by atoms with Crippen LogP contribution in [0.15, 0.2) is 18.2 Å². The highest BCUT2D eigenvalue weighted by Gasteiger charge is 2.41. The van der Waals surface area contributed by atoms with Crippen molar-refractivity contribution in [3.05, 3.63) is 18.2 Å². The molecule has 2 fully saturated rings. The molecule has 0 radical (unpaired) electrons. The average molecular weight is 318 g/mol. The van der Waals surface area contributed by atoms with Gasteiger partial charge in [-0.1, -0.05) is 0 Å². The molecule has 1 aromatic carbocycles. The summed E-state index contributed by atoms with van der Waals surface area (Å²) in [6.45, 7) is 2.83. The monoisotopic (exact) mass is 318 g/mol. The molecule has 1 saturated carbocycles. The van der Waals surface area contributed by atoms with Gasteiger partial charge < -0.3 is 19.3 Å². The van der Waals surface area contributed by atoms with Crippen LogP contribution in [-0.2, 0) is 9.59 Å². The number of nitrogens with zero attached hydrogens (tertiary/aromatic N) is 2. The van der Waals surface area contributed by atoms with Crippen LogP contribution in [0.2, 0.25) is 0 Å². The summed E-state index contributed by atoms with van der Waals surface area (Å²) in [5.74, 6) is 1.44. The minimum atomic E-state index is -0.441. The molecule has 3 rings (SSSR count). The fraction of sp³-hybridized carbons (Fsp3) is 0.529. The van der Waals surface area contributed by atoms with Gasteiger partial charge in [0.1, 0.15) is 17.5 Å². The predicted octanol–water partition coefficient (Wildman–Crippen LogP) is 1.68. The molecule has 6 nitrogen and oxygen atoms in total. The van der Waals surface area contributed by atoms with Crippen molar-refractivity contribution in [3.8, 4) is 11.5 Å². The third-order valence-electron chi connectivity index (χ3n) is 4.54. The van der Waals surface area contributed by atoms with Gasteiger partial charge in [0.05, 0.1) is 19.9 Å². The van der Waals surface area contributed by atoms with Gasteiger partial charge in [0.2, 0.25) is 11.8 Å². The molecule has 6 heteroatoms. The van der Waals surface area contributed by atoms with Crippen LogP contribution < -0.4 is 14.4 Å². The highest BCUT2D eigenvalue weighted by Crippen LogP contribution is 2.36. The molecule has 1 unspecified atom stereocenters. The van der Waals surface area contributed by atoms with E-state index in [1.54, 1.807) is 43.1 Å². The number of carbonyl (C=O) groups excluding carboxylic acids is 2. The first kappa shape index (κ1) is 15.6. The summed E-state index contributed by atoms with van der Waals surface area (Å²) in [7, 11) is 3.16. The molecule has 1 atom stereocenters. The van der Waals surface area contributed by atoms with E-state index < -0.39 is 6.04 Å². The molecular weight excluding hydrogens is 296 g/mol. The van der Waals surface area contributed by atoms with E-state index in [0.717, 1.165) is 12.8 Å². The quantitative estimate of drug-likeness (QED) is 0.847.